The first kappa shape index (κ1) is 20.1. The van der Waals surface area contributed by atoms with Gasteiger partial charge in [-0.25, -0.2) is 4.39 Å². The van der Waals surface area contributed by atoms with Crippen LogP contribution in [0.4, 0.5) is 10.1 Å². The standard InChI is InChI=1S/C27H19FN2O2S/c1-33-32-26-25(23-13-11-17(28)15-29-23)30(27(26)31)24-14-22-18-7-3-2-6-16(18)10-12-20(22)19-8-4-5-9-21(19)24/h2-15,25-26H,1H3. The molecule has 2 heterocycles. The lowest BCUT2D eigenvalue weighted by Crippen LogP contribution is -2.60. The van der Waals surface area contributed by atoms with Gasteiger partial charge in [0.2, 0.25) is 0 Å². The molecule has 1 fully saturated rings. The Morgan fingerprint density at radius 3 is 2.36 bits per heavy atom. The molecule has 1 amide bonds. The minimum Gasteiger partial charge on any atom is -0.300 e. The van der Waals surface area contributed by atoms with E-state index in [4.69, 9.17) is 4.18 Å². The van der Waals surface area contributed by atoms with E-state index < -0.39 is 18.0 Å². The van der Waals surface area contributed by atoms with Gasteiger partial charge in [0.1, 0.15) is 11.9 Å². The Kier molecular flexibility index (Phi) is 4.78. The molecule has 1 aliphatic heterocycles. The third kappa shape index (κ3) is 3.09. The van der Waals surface area contributed by atoms with E-state index >= 15 is 0 Å². The molecule has 2 atom stereocenters. The average Bonchev–Trinajstić information content (AvgIpc) is 2.86. The minimum absolute atomic E-state index is 0.134. The number of rotatable bonds is 4. The summed E-state index contributed by atoms with van der Waals surface area (Å²) in [7, 11) is 0. The fourth-order valence-corrected chi connectivity index (χ4v) is 5.21. The maximum Gasteiger partial charge on any atom is 0.260 e. The van der Waals surface area contributed by atoms with Crippen molar-refractivity contribution in [3.05, 3.63) is 96.6 Å². The molecule has 162 valence electrons. The monoisotopic (exact) mass is 454 g/mol. The number of nitrogens with zero attached hydrogens (tertiary/aromatic N) is 2. The van der Waals surface area contributed by atoms with Gasteiger partial charge in [-0.05, 0) is 57.2 Å². The van der Waals surface area contributed by atoms with Gasteiger partial charge in [0.05, 0.1) is 17.6 Å². The molecule has 1 aliphatic rings. The van der Waals surface area contributed by atoms with Gasteiger partial charge < -0.3 is 0 Å². The fraction of sp³-hybridized carbons (Fsp3) is 0.111. The average molecular weight is 455 g/mol. The molecule has 4 nitrogen and oxygen atoms in total. The van der Waals surface area contributed by atoms with Crippen LogP contribution in [-0.4, -0.2) is 23.3 Å². The van der Waals surface area contributed by atoms with Crippen molar-refractivity contribution in [2.24, 2.45) is 0 Å². The van der Waals surface area contributed by atoms with Gasteiger partial charge in [0.25, 0.3) is 5.91 Å². The maximum absolute atomic E-state index is 13.6. The van der Waals surface area contributed by atoms with E-state index in [1.165, 1.54) is 12.3 Å². The van der Waals surface area contributed by atoms with Crippen LogP contribution in [0.3, 0.4) is 0 Å². The van der Waals surface area contributed by atoms with E-state index in [1.54, 1.807) is 17.2 Å². The van der Waals surface area contributed by atoms with E-state index in [-0.39, 0.29) is 5.91 Å². The summed E-state index contributed by atoms with van der Waals surface area (Å²) < 4.78 is 19.3. The zero-order chi connectivity index (χ0) is 22.5. The summed E-state index contributed by atoms with van der Waals surface area (Å²) in [4.78, 5) is 19.3. The normalized spacial score (nSPS) is 18.2. The number of pyridine rings is 1. The first-order valence-corrected chi connectivity index (χ1v) is 11.8. The highest BCUT2D eigenvalue weighted by Crippen LogP contribution is 2.46. The first-order chi connectivity index (χ1) is 16.2. The van der Waals surface area contributed by atoms with Crippen molar-refractivity contribution in [3.63, 3.8) is 0 Å². The first-order valence-electron chi connectivity index (χ1n) is 10.6. The molecule has 2 unspecified atom stereocenters. The Hall–Kier alpha value is -3.48. The number of fused-ring (bicyclic) bond motifs is 5. The van der Waals surface area contributed by atoms with Gasteiger partial charge in [0.15, 0.2) is 6.10 Å². The summed E-state index contributed by atoms with van der Waals surface area (Å²) in [5.41, 5.74) is 1.40. The molecule has 0 spiro atoms. The van der Waals surface area contributed by atoms with Crippen LogP contribution in [0.1, 0.15) is 11.7 Å². The van der Waals surface area contributed by atoms with Crippen LogP contribution in [0.2, 0.25) is 0 Å². The van der Waals surface area contributed by atoms with E-state index in [0.29, 0.717) is 5.69 Å². The van der Waals surface area contributed by atoms with Crippen LogP contribution >= 0.6 is 12.0 Å². The van der Waals surface area contributed by atoms with Gasteiger partial charge in [-0.15, -0.1) is 0 Å². The molecule has 6 rings (SSSR count). The SMILES string of the molecule is CSOC1C(=O)N(c2cc3c4ccccc4ccc3c3ccccc23)C1c1ccc(F)cn1. The molecular formula is C27H19FN2O2S. The number of anilines is 1. The summed E-state index contributed by atoms with van der Waals surface area (Å²) in [6.45, 7) is 0. The predicted molar refractivity (Wildman–Crippen MR) is 132 cm³/mol. The van der Waals surface area contributed by atoms with E-state index in [9.17, 15) is 9.18 Å². The molecule has 4 aromatic carbocycles. The largest absolute Gasteiger partial charge is 0.300 e. The number of aromatic nitrogens is 1. The second kappa shape index (κ2) is 7.83. The summed E-state index contributed by atoms with van der Waals surface area (Å²) >= 11 is 1.15. The Morgan fingerprint density at radius 2 is 1.61 bits per heavy atom. The molecule has 0 bridgehead atoms. The molecule has 0 saturated carbocycles. The second-order valence-corrected chi connectivity index (χ2v) is 8.59. The third-order valence-electron chi connectivity index (χ3n) is 6.30. The van der Waals surface area contributed by atoms with Crippen molar-refractivity contribution >= 4 is 56.0 Å². The van der Waals surface area contributed by atoms with Gasteiger partial charge in [-0.2, -0.15) is 0 Å². The molecule has 33 heavy (non-hydrogen) atoms. The molecule has 0 radical (unpaired) electrons. The Morgan fingerprint density at radius 1 is 0.879 bits per heavy atom. The molecule has 5 aromatic rings. The van der Waals surface area contributed by atoms with Gasteiger partial charge >= 0.3 is 0 Å². The minimum atomic E-state index is -0.681. The summed E-state index contributed by atoms with van der Waals surface area (Å²) in [6, 6.07) is 25.2. The number of carbonyl (C=O) groups is 1. The molecule has 0 N–H and O–H groups in total. The molecule has 1 saturated heterocycles. The van der Waals surface area contributed by atoms with Gasteiger partial charge in [-0.3, -0.25) is 18.9 Å². The molecule has 0 aliphatic carbocycles. The lowest BCUT2D eigenvalue weighted by atomic mass is 9.90. The van der Waals surface area contributed by atoms with Gasteiger partial charge in [0, 0.05) is 11.6 Å². The molecule has 1 aromatic heterocycles. The smallest absolute Gasteiger partial charge is 0.260 e. The third-order valence-corrected chi connectivity index (χ3v) is 6.70. The Balaban J connectivity index is 1.62. The van der Waals surface area contributed by atoms with Crippen LogP contribution in [0.25, 0.3) is 32.3 Å². The van der Waals surface area contributed by atoms with Crippen molar-refractivity contribution in [3.8, 4) is 0 Å². The second-order valence-electron chi connectivity index (χ2n) is 8.06. The van der Waals surface area contributed by atoms with E-state index in [2.05, 4.69) is 41.4 Å². The summed E-state index contributed by atoms with van der Waals surface area (Å²) in [5.74, 6) is -0.550. The topological polar surface area (TPSA) is 42.4 Å². The van der Waals surface area contributed by atoms with Crippen LogP contribution in [-0.2, 0) is 8.98 Å². The number of halogens is 1. The lowest BCUT2D eigenvalue weighted by molar-refractivity contribution is -0.134. The molecular weight excluding hydrogens is 435 g/mol. The summed E-state index contributed by atoms with van der Waals surface area (Å²) in [6.07, 6.45) is 2.28. The lowest BCUT2D eigenvalue weighted by Gasteiger charge is -2.46. The van der Waals surface area contributed by atoms with Crippen molar-refractivity contribution in [1.82, 2.24) is 4.98 Å². The number of hydrogen-bond acceptors (Lipinski definition) is 4. The van der Waals surface area contributed by atoms with E-state index in [1.807, 2.05) is 30.3 Å². The number of benzene rings is 4. The van der Waals surface area contributed by atoms with Crippen LogP contribution in [0.15, 0.2) is 85.1 Å². The number of amides is 1. The van der Waals surface area contributed by atoms with Crippen LogP contribution < -0.4 is 4.90 Å². The van der Waals surface area contributed by atoms with Crippen molar-refractivity contribution in [1.29, 1.82) is 0 Å². The quantitative estimate of drug-likeness (QED) is 0.178. The maximum atomic E-state index is 13.6. The van der Waals surface area contributed by atoms with Crippen LogP contribution in [0, 0.1) is 5.82 Å². The zero-order valence-electron chi connectivity index (χ0n) is 17.7. The summed E-state index contributed by atoms with van der Waals surface area (Å²) in [5, 5.41) is 6.53. The number of hydrogen-bond donors (Lipinski definition) is 0. The highest BCUT2D eigenvalue weighted by atomic mass is 32.2. The fourth-order valence-electron chi connectivity index (χ4n) is 4.82. The molecule has 6 heteroatoms. The number of carbonyl (C=O) groups excluding carboxylic acids is 1. The predicted octanol–water partition coefficient (Wildman–Crippen LogP) is 6.43. The highest BCUT2D eigenvalue weighted by molar-refractivity contribution is 7.94. The highest BCUT2D eigenvalue weighted by Gasteiger charge is 2.51. The zero-order valence-corrected chi connectivity index (χ0v) is 18.6. The Bertz CT molecular complexity index is 1540. The van der Waals surface area contributed by atoms with Gasteiger partial charge in [-0.1, -0.05) is 60.7 Å². The van der Waals surface area contributed by atoms with Crippen molar-refractivity contribution in [2.45, 2.75) is 12.1 Å². The van der Waals surface area contributed by atoms with Crippen LogP contribution in [0.5, 0.6) is 0 Å². The van der Waals surface area contributed by atoms with Crippen molar-refractivity contribution in [2.75, 3.05) is 11.2 Å². The number of β-lactam (4-membered cyclic amide) rings is 1. The van der Waals surface area contributed by atoms with E-state index in [0.717, 1.165) is 50.0 Å². The Labute approximate surface area is 194 Å². The van der Waals surface area contributed by atoms with Crippen molar-refractivity contribution < 1.29 is 13.4 Å².